The van der Waals surface area contributed by atoms with E-state index in [-0.39, 0.29) is 18.9 Å². The van der Waals surface area contributed by atoms with Gasteiger partial charge in [-0.1, -0.05) is 26.3 Å². The molecule has 0 spiro atoms. The minimum atomic E-state index is 0. The summed E-state index contributed by atoms with van der Waals surface area (Å²) in [6.07, 6.45) is 7.76. The molecule has 0 aliphatic heterocycles. The van der Waals surface area contributed by atoms with E-state index in [2.05, 4.69) is 26.3 Å². The number of nitrogens with zero attached hydrogens (tertiary/aromatic N) is 1. The normalized spacial score (nSPS) is 9.71. The molecule has 0 radical (unpaired) electrons. The van der Waals surface area contributed by atoms with Crippen molar-refractivity contribution >= 4 is 18.9 Å². The van der Waals surface area contributed by atoms with Crippen molar-refractivity contribution in [2.75, 3.05) is 26.2 Å². The van der Waals surface area contributed by atoms with E-state index in [9.17, 15) is 0 Å². The van der Waals surface area contributed by atoms with E-state index in [0.29, 0.717) is 0 Å². The maximum atomic E-state index is 3.77. The Balaban J connectivity index is 0. The molecule has 0 saturated heterocycles. The molecule has 74 valence electrons. The molecule has 0 aromatic rings. The first-order valence-electron chi connectivity index (χ1n) is 4.53. The molecule has 0 aromatic carbocycles. The van der Waals surface area contributed by atoms with E-state index < -0.39 is 0 Å². The first-order valence-corrected chi connectivity index (χ1v) is 4.53. The third-order valence-corrected chi connectivity index (χ3v) is 2.07. The molecular weight excluding hydrogens is 165 g/mol. The molecule has 14 heavy (non-hydrogen) atoms. The average Bonchev–Trinajstić information content (AvgIpc) is 2.06. The van der Waals surface area contributed by atoms with Crippen LogP contribution in [0.5, 0.6) is 0 Å². The molecule has 0 rings (SSSR count). The summed E-state index contributed by atoms with van der Waals surface area (Å²) in [5, 5.41) is 0. The molecule has 0 fully saturated rings. The summed E-state index contributed by atoms with van der Waals surface area (Å²) < 4.78 is 0.903. The molecule has 0 N–H and O–H groups in total. The molecule has 2 heteroatoms. The molecule has 0 unspecified atom stereocenters. The molecule has 0 aliphatic rings. The third-order valence-electron chi connectivity index (χ3n) is 2.07. The Labute approximate surface area is 100 Å². The van der Waals surface area contributed by atoms with Crippen molar-refractivity contribution in [3.63, 3.8) is 0 Å². The summed E-state index contributed by atoms with van der Waals surface area (Å²) in [6.45, 7) is 18.8. The van der Waals surface area contributed by atoms with Gasteiger partial charge >= 0.3 is 18.9 Å². The Bertz CT molecular complexity index is 151. The number of hydrogen-bond donors (Lipinski definition) is 0. The van der Waals surface area contributed by atoms with Crippen molar-refractivity contribution in [3.05, 3.63) is 50.6 Å². The van der Waals surface area contributed by atoms with Crippen LogP contribution >= 0.6 is 0 Å². The Morgan fingerprint density at radius 1 is 0.643 bits per heavy atom. The van der Waals surface area contributed by atoms with Crippen molar-refractivity contribution in [3.8, 4) is 0 Å². The summed E-state index contributed by atoms with van der Waals surface area (Å²) in [7, 11) is 0. The molecule has 0 amide bonds. The van der Waals surface area contributed by atoms with Gasteiger partial charge in [0.25, 0.3) is 0 Å². The quantitative estimate of drug-likeness (QED) is 0.308. The van der Waals surface area contributed by atoms with Gasteiger partial charge in [-0.3, -0.25) is 0 Å². The summed E-state index contributed by atoms with van der Waals surface area (Å²) in [6, 6.07) is 0. The zero-order valence-corrected chi connectivity index (χ0v) is 8.41. The van der Waals surface area contributed by atoms with E-state index in [4.69, 9.17) is 0 Å². The molecule has 1 nitrogen and oxygen atoms in total. The van der Waals surface area contributed by atoms with Crippen LogP contribution in [0.4, 0.5) is 0 Å². The summed E-state index contributed by atoms with van der Waals surface area (Å²) in [4.78, 5) is 0. The fourth-order valence-corrected chi connectivity index (χ4v) is 1.54. The number of rotatable bonds is 8. The van der Waals surface area contributed by atoms with Crippen LogP contribution in [0.2, 0.25) is 0 Å². The van der Waals surface area contributed by atoms with Gasteiger partial charge in [-0.2, -0.15) is 0 Å². The van der Waals surface area contributed by atoms with Crippen LogP contribution in [0, 0.1) is 0 Å². The van der Waals surface area contributed by atoms with E-state index in [1.54, 1.807) is 0 Å². The number of hydrogen-bond acceptors (Lipinski definition) is 0. The van der Waals surface area contributed by atoms with Gasteiger partial charge < -0.3 is 4.48 Å². The summed E-state index contributed by atoms with van der Waals surface area (Å²) in [5.41, 5.74) is 0. The fourth-order valence-electron chi connectivity index (χ4n) is 1.54. The molecule has 0 heterocycles. The van der Waals surface area contributed by atoms with Gasteiger partial charge in [-0.25, -0.2) is 0 Å². The summed E-state index contributed by atoms with van der Waals surface area (Å²) >= 11 is 0. The predicted molar refractivity (Wildman–Crippen MR) is 67.7 cm³/mol. The van der Waals surface area contributed by atoms with Crippen LogP contribution in [0.1, 0.15) is 0 Å². The van der Waals surface area contributed by atoms with Gasteiger partial charge in [0.05, 0.1) is 26.2 Å². The minimum absolute atomic E-state index is 0. The molecule has 0 aromatic heterocycles. The van der Waals surface area contributed by atoms with Gasteiger partial charge in [0.1, 0.15) is 0 Å². The second-order valence-electron chi connectivity index (χ2n) is 3.23. The topological polar surface area (TPSA) is 0 Å². The monoisotopic (exact) mass is 186 g/mol. The van der Waals surface area contributed by atoms with Gasteiger partial charge in [-0.15, -0.1) is 0 Å². The van der Waals surface area contributed by atoms with E-state index >= 15 is 0 Å². The van der Waals surface area contributed by atoms with Crippen LogP contribution < -0.4 is 0 Å². The molecular formula is C12H21LiN+. The first kappa shape index (κ1) is 16.0. The average molecular weight is 186 g/mol. The van der Waals surface area contributed by atoms with Crippen molar-refractivity contribution < 1.29 is 4.48 Å². The van der Waals surface area contributed by atoms with Gasteiger partial charge in [-0.05, 0) is 24.3 Å². The number of quaternary nitrogens is 1. The SMILES string of the molecule is C=CC[N+](CC=C)(CC=C)CC=C.[LiH]. The van der Waals surface area contributed by atoms with Crippen molar-refractivity contribution in [2.45, 2.75) is 0 Å². The maximum absolute atomic E-state index is 3.77. The van der Waals surface area contributed by atoms with Crippen LogP contribution in [0.3, 0.4) is 0 Å². The molecule has 0 aliphatic carbocycles. The molecule has 0 bridgehead atoms. The van der Waals surface area contributed by atoms with Crippen molar-refractivity contribution in [2.24, 2.45) is 0 Å². The first-order chi connectivity index (χ1) is 6.24. The Morgan fingerprint density at radius 3 is 1.00 bits per heavy atom. The zero-order chi connectivity index (χ0) is 10.2. The Hall–Kier alpha value is -0.483. The van der Waals surface area contributed by atoms with Gasteiger partial charge in [0.15, 0.2) is 0 Å². The van der Waals surface area contributed by atoms with Gasteiger partial charge in [0, 0.05) is 0 Å². The molecule has 0 saturated carbocycles. The van der Waals surface area contributed by atoms with E-state index in [0.717, 1.165) is 30.7 Å². The van der Waals surface area contributed by atoms with Gasteiger partial charge in [0.2, 0.25) is 0 Å². The Morgan fingerprint density at radius 2 is 0.857 bits per heavy atom. The standard InChI is InChI=1S/C12H20N.Li.H/c1-5-9-13(10-6-2,11-7-3)12-8-4;;/h5-8H,1-4,9-12H2;;/q+1;;. The third kappa shape index (κ3) is 5.29. The van der Waals surface area contributed by atoms with Crippen LogP contribution in [0.25, 0.3) is 0 Å². The second kappa shape index (κ2) is 9.09. The predicted octanol–water partition coefficient (Wildman–Crippen LogP) is 1.90. The van der Waals surface area contributed by atoms with Crippen molar-refractivity contribution in [1.82, 2.24) is 0 Å². The summed E-state index contributed by atoms with van der Waals surface area (Å²) in [5.74, 6) is 0. The van der Waals surface area contributed by atoms with Crippen LogP contribution in [-0.2, 0) is 0 Å². The fraction of sp³-hybridized carbons (Fsp3) is 0.333. The molecule has 0 atom stereocenters. The van der Waals surface area contributed by atoms with Crippen LogP contribution in [0.15, 0.2) is 50.6 Å². The second-order valence-corrected chi connectivity index (χ2v) is 3.23. The zero-order valence-electron chi connectivity index (χ0n) is 8.41. The van der Waals surface area contributed by atoms with Crippen molar-refractivity contribution in [1.29, 1.82) is 0 Å². The Kier molecular flexibility index (Phi) is 10.4. The van der Waals surface area contributed by atoms with E-state index in [1.807, 2.05) is 24.3 Å². The van der Waals surface area contributed by atoms with E-state index in [1.165, 1.54) is 0 Å². The van der Waals surface area contributed by atoms with Crippen LogP contribution in [-0.4, -0.2) is 49.5 Å².